The molecule has 0 saturated carbocycles. The van der Waals surface area contributed by atoms with Crippen molar-refractivity contribution in [3.05, 3.63) is 34.9 Å². The molecular weight excluding hydrogens is 304 g/mol. The minimum Gasteiger partial charge on any atom is -0.439 e. The van der Waals surface area contributed by atoms with E-state index in [0.29, 0.717) is 12.1 Å². The molecule has 1 aliphatic rings. The molecule has 21 heavy (non-hydrogen) atoms. The molecule has 3 nitrogen and oxygen atoms in total. The van der Waals surface area contributed by atoms with Gasteiger partial charge in [0.1, 0.15) is 6.10 Å². The van der Waals surface area contributed by atoms with Gasteiger partial charge in [-0.1, -0.05) is 0 Å². The normalized spacial score (nSPS) is 22.9. The molecular formula is C12H9F6NO2. The topological polar surface area (TPSA) is 38.3 Å². The quantitative estimate of drug-likeness (QED) is 0.799. The molecule has 0 aromatic heterocycles. The van der Waals surface area contributed by atoms with Crippen LogP contribution in [0.25, 0.3) is 0 Å². The van der Waals surface area contributed by atoms with Gasteiger partial charge in [-0.3, -0.25) is 0 Å². The summed E-state index contributed by atoms with van der Waals surface area (Å²) in [5.41, 5.74) is -3.24. The standard InChI is InChI=1S/C12H9F6NO2/c1-5-9(21-10(20)19-5)6-2-7(11(13,14)15)4-8(3-6)12(16,17)18/h2-5,9H,1H3,(H,19,20)/t5-,9+/m1/s1. The summed E-state index contributed by atoms with van der Waals surface area (Å²) in [6.45, 7) is 1.42. The first-order valence-electron chi connectivity index (χ1n) is 5.75. The van der Waals surface area contributed by atoms with Gasteiger partial charge in [-0.2, -0.15) is 26.3 Å². The van der Waals surface area contributed by atoms with E-state index in [4.69, 9.17) is 4.74 Å². The lowest BCUT2D eigenvalue weighted by atomic mass is 9.98. The number of benzene rings is 1. The number of rotatable bonds is 1. The number of alkyl halides is 6. The van der Waals surface area contributed by atoms with Crippen molar-refractivity contribution in [2.45, 2.75) is 31.4 Å². The summed E-state index contributed by atoms with van der Waals surface area (Å²) in [6, 6.07) is 0.396. The summed E-state index contributed by atoms with van der Waals surface area (Å²) in [6.07, 6.45) is -12.0. The van der Waals surface area contributed by atoms with Gasteiger partial charge < -0.3 is 10.1 Å². The third-order valence-corrected chi connectivity index (χ3v) is 2.97. The van der Waals surface area contributed by atoms with E-state index in [1.165, 1.54) is 6.92 Å². The van der Waals surface area contributed by atoms with E-state index >= 15 is 0 Å². The maximum absolute atomic E-state index is 12.7. The average Bonchev–Trinajstić information content (AvgIpc) is 2.65. The van der Waals surface area contributed by atoms with Crippen LogP contribution in [0, 0.1) is 0 Å². The van der Waals surface area contributed by atoms with Crippen molar-refractivity contribution in [2.24, 2.45) is 0 Å². The fourth-order valence-electron chi connectivity index (χ4n) is 2.01. The number of nitrogens with one attached hydrogen (secondary N) is 1. The molecule has 9 heteroatoms. The zero-order chi connectivity index (χ0) is 16.0. The molecule has 1 heterocycles. The Kier molecular flexibility index (Phi) is 3.54. The molecule has 2 atom stereocenters. The zero-order valence-electron chi connectivity index (χ0n) is 10.5. The Morgan fingerprint density at radius 2 is 1.48 bits per heavy atom. The van der Waals surface area contributed by atoms with Gasteiger partial charge in [-0.25, -0.2) is 4.79 Å². The van der Waals surface area contributed by atoms with Crippen molar-refractivity contribution < 1.29 is 35.9 Å². The van der Waals surface area contributed by atoms with Crippen LogP contribution >= 0.6 is 0 Å². The molecule has 1 aromatic carbocycles. The molecule has 1 aromatic rings. The highest BCUT2D eigenvalue weighted by Crippen LogP contribution is 2.39. The maximum Gasteiger partial charge on any atom is 0.416 e. The highest BCUT2D eigenvalue weighted by Gasteiger charge is 2.40. The van der Waals surface area contributed by atoms with E-state index in [2.05, 4.69) is 5.32 Å². The third-order valence-electron chi connectivity index (χ3n) is 2.97. The first-order valence-corrected chi connectivity index (χ1v) is 5.75. The van der Waals surface area contributed by atoms with Crippen LogP contribution in [0.1, 0.15) is 29.7 Å². The molecule has 1 amide bonds. The Bertz CT molecular complexity index is 534. The van der Waals surface area contributed by atoms with Gasteiger partial charge >= 0.3 is 18.4 Å². The van der Waals surface area contributed by atoms with E-state index in [1.807, 2.05) is 0 Å². The molecule has 116 valence electrons. The minimum atomic E-state index is -4.94. The van der Waals surface area contributed by atoms with Crippen molar-refractivity contribution in [1.82, 2.24) is 5.32 Å². The van der Waals surface area contributed by atoms with Gasteiger partial charge in [0.05, 0.1) is 17.2 Å². The molecule has 0 unspecified atom stereocenters. The second kappa shape index (κ2) is 4.81. The summed E-state index contributed by atoms with van der Waals surface area (Å²) in [5, 5.41) is 2.26. The molecule has 1 fully saturated rings. The Morgan fingerprint density at radius 1 is 1.00 bits per heavy atom. The zero-order valence-corrected chi connectivity index (χ0v) is 10.5. The maximum atomic E-state index is 12.7. The first-order chi connectivity index (χ1) is 9.48. The predicted octanol–water partition coefficient (Wildman–Crippen LogP) is 3.89. The van der Waals surface area contributed by atoms with Crippen LogP contribution in [-0.4, -0.2) is 12.1 Å². The van der Waals surface area contributed by atoms with Gasteiger partial charge in [0.2, 0.25) is 0 Å². The molecule has 1 saturated heterocycles. The monoisotopic (exact) mass is 313 g/mol. The van der Waals surface area contributed by atoms with Crippen LogP contribution in [0.2, 0.25) is 0 Å². The average molecular weight is 313 g/mol. The Morgan fingerprint density at radius 3 is 1.81 bits per heavy atom. The number of alkyl carbamates (subject to hydrolysis) is 1. The van der Waals surface area contributed by atoms with Gasteiger partial charge in [-0.15, -0.1) is 0 Å². The highest BCUT2D eigenvalue weighted by molar-refractivity contribution is 5.70. The fraction of sp³-hybridized carbons (Fsp3) is 0.417. The number of amides is 1. The van der Waals surface area contributed by atoms with Crippen molar-refractivity contribution in [1.29, 1.82) is 0 Å². The van der Waals surface area contributed by atoms with E-state index in [-0.39, 0.29) is 11.6 Å². The van der Waals surface area contributed by atoms with Gasteiger partial charge in [0.25, 0.3) is 0 Å². The second-order valence-corrected chi connectivity index (χ2v) is 4.60. The fourth-order valence-corrected chi connectivity index (χ4v) is 2.01. The number of cyclic esters (lactones) is 1. The van der Waals surface area contributed by atoms with Gasteiger partial charge in [0.15, 0.2) is 0 Å². The second-order valence-electron chi connectivity index (χ2n) is 4.60. The molecule has 0 radical (unpaired) electrons. The molecule has 1 N–H and O–H groups in total. The number of halogens is 6. The SMILES string of the molecule is C[C@H]1NC(=O)O[C@@H]1c1cc(C(F)(F)F)cc(C(F)(F)F)c1. The van der Waals surface area contributed by atoms with Crippen molar-refractivity contribution in [2.75, 3.05) is 0 Å². The smallest absolute Gasteiger partial charge is 0.416 e. The summed E-state index contributed by atoms with van der Waals surface area (Å²) in [5.74, 6) is 0. The van der Waals surface area contributed by atoms with Gasteiger partial charge in [0, 0.05) is 0 Å². The molecule has 2 rings (SSSR count). The van der Waals surface area contributed by atoms with Crippen LogP contribution in [0.4, 0.5) is 31.1 Å². The Hall–Kier alpha value is -1.93. The number of ether oxygens (including phenoxy) is 1. The minimum absolute atomic E-state index is 0.0262. The van der Waals surface area contributed by atoms with E-state index in [1.54, 1.807) is 0 Å². The van der Waals surface area contributed by atoms with Crippen LogP contribution in [0.3, 0.4) is 0 Å². The number of hydrogen-bond acceptors (Lipinski definition) is 2. The van der Waals surface area contributed by atoms with E-state index in [9.17, 15) is 31.1 Å². The number of carbonyl (C=O) groups is 1. The summed E-state index contributed by atoms with van der Waals surface area (Å²) in [7, 11) is 0. The van der Waals surface area contributed by atoms with E-state index < -0.39 is 41.7 Å². The van der Waals surface area contributed by atoms with Gasteiger partial charge in [-0.05, 0) is 30.7 Å². The van der Waals surface area contributed by atoms with Crippen molar-refractivity contribution in [3.8, 4) is 0 Å². The molecule has 0 bridgehead atoms. The lowest BCUT2D eigenvalue weighted by molar-refractivity contribution is -0.143. The molecule has 1 aliphatic heterocycles. The van der Waals surface area contributed by atoms with Crippen LogP contribution in [0.15, 0.2) is 18.2 Å². The molecule has 0 aliphatic carbocycles. The lowest BCUT2D eigenvalue weighted by Crippen LogP contribution is -2.24. The summed E-state index contributed by atoms with van der Waals surface area (Å²) < 4.78 is 80.9. The number of carbonyl (C=O) groups excluding carboxylic acids is 1. The Balaban J connectivity index is 2.53. The molecule has 0 spiro atoms. The van der Waals surface area contributed by atoms with Crippen molar-refractivity contribution >= 4 is 6.09 Å². The van der Waals surface area contributed by atoms with Crippen LogP contribution < -0.4 is 5.32 Å². The number of hydrogen-bond donors (Lipinski definition) is 1. The third kappa shape index (κ3) is 3.22. The Labute approximate surface area is 114 Å². The van der Waals surface area contributed by atoms with Crippen LogP contribution in [0.5, 0.6) is 0 Å². The largest absolute Gasteiger partial charge is 0.439 e. The first kappa shape index (κ1) is 15.5. The lowest BCUT2D eigenvalue weighted by Gasteiger charge is -2.18. The predicted molar refractivity (Wildman–Crippen MR) is 58.3 cm³/mol. The summed E-state index contributed by atoms with van der Waals surface area (Å²) >= 11 is 0. The van der Waals surface area contributed by atoms with Crippen molar-refractivity contribution in [3.63, 3.8) is 0 Å². The highest BCUT2D eigenvalue weighted by atomic mass is 19.4. The van der Waals surface area contributed by atoms with Crippen LogP contribution in [-0.2, 0) is 17.1 Å². The summed E-state index contributed by atoms with van der Waals surface area (Å²) in [4.78, 5) is 11.0. The van der Waals surface area contributed by atoms with E-state index in [0.717, 1.165) is 0 Å².